The Morgan fingerprint density at radius 2 is 2.00 bits per heavy atom. The molecular formula is C27H30FN5O2. The number of methoxy groups -OCH3 is 1. The molecule has 1 fully saturated rings. The number of amides is 1. The van der Waals surface area contributed by atoms with Gasteiger partial charge < -0.3 is 19.9 Å². The maximum Gasteiger partial charge on any atom is 0.245 e. The fourth-order valence-corrected chi connectivity index (χ4v) is 5.65. The van der Waals surface area contributed by atoms with Crippen LogP contribution in [0.4, 0.5) is 10.2 Å². The second-order valence-corrected chi connectivity index (χ2v) is 9.46. The van der Waals surface area contributed by atoms with Crippen LogP contribution >= 0.6 is 0 Å². The number of fused-ring (bicyclic) bond motifs is 1. The predicted octanol–water partition coefficient (Wildman–Crippen LogP) is 4.89. The summed E-state index contributed by atoms with van der Waals surface area (Å²) in [5.74, 6) is 0.232. The van der Waals surface area contributed by atoms with Gasteiger partial charge in [0.15, 0.2) is 0 Å². The van der Waals surface area contributed by atoms with E-state index >= 15 is 4.39 Å². The van der Waals surface area contributed by atoms with Crippen molar-refractivity contribution < 1.29 is 18.0 Å². The van der Waals surface area contributed by atoms with E-state index in [4.69, 9.17) is 14.6 Å². The molecule has 182 valence electrons. The van der Waals surface area contributed by atoms with Crippen LogP contribution in [0.2, 0.25) is 0 Å². The van der Waals surface area contributed by atoms with Crippen LogP contribution in [0, 0.1) is 5.41 Å². The summed E-state index contributed by atoms with van der Waals surface area (Å²) >= 11 is 0. The summed E-state index contributed by atoms with van der Waals surface area (Å²) < 4.78 is 45.0. The molecule has 0 atom stereocenters. The van der Waals surface area contributed by atoms with Gasteiger partial charge in [0, 0.05) is 37.7 Å². The lowest BCUT2D eigenvalue weighted by atomic mass is 9.68. The lowest BCUT2D eigenvalue weighted by Gasteiger charge is -2.44. The highest BCUT2D eigenvalue weighted by atomic mass is 19.1. The highest BCUT2D eigenvalue weighted by Gasteiger charge is 2.40. The number of halogens is 1. The summed E-state index contributed by atoms with van der Waals surface area (Å²) in [6.45, 7) is 4.77. The fourth-order valence-electron chi connectivity index (χ4n) is 5.65. The number of hydrogen-bond donors (Lipinski definition) is 1. The zero-order valence-electron chi connectivity index (χ0n) is 22.7. The van der Waals surface area contributed by atoms with Gasteiger partial charge in [-0.05, 0) is 54.9 Å². The van der Waals surface area contributed by atoms with Gasteiger partial charge in [-0.1, -0.05) is 18.7 Å². The lowest BCUT2D eigenvalue weighted by molar-refractivity contribution is -0.128. The molecule has 3 aromatic rings. The number of carbonyl (C=O) groups is 1. The van der Waals surface area contributed by atoms with E-state index < -0.39 is 7.04 Å². The summed E-state index contributed by atoms with van der Waals surface area (Å²) in [4.78, 5) is 22.4. The van der Waals surface area contributed by atoms with Crippen molar-refractivity contribution in [2.75, 3.05) is 25.9 Å². The maximum atomic E-state index is 16.1. The van der Waals surface area contributed by atoms with Gasteiger partial charge in [0.25, 0.3) is 0 Å². The molecule has 1 spiro atoms. The SMILES string of the molecule is [2H]C([2H])([2H])Oc1ccc(-c2c(C3=C(F)CC4(CC3)CCN(C(=O)C=C)CC4)n(C)c3ncnc(N)c23)cc1. The van der Waals surface area contributed by atoms with Crippen LogP contribution in [0.3, 0.4) is 0 Å². The maximum absolute atomic E-state index is 16.1. The van der Waals surface area contributed by atoms with E-state index in [9.17, 15) is 4.79 Å². The summed E-state index contributed by atoms with van der Waals surface area (Å²) in [7, 11) is -0.727. The molecule has 8 heteroatoms. The van der Waals surface area contributed by atoms with Crippen LogP contribution in [0.25, 0.3) is 27.7 Å². The van der Waals surface area contributed by atoms with Crippen LogP contribution in [0.15, 0.2) is 49.1 Å². The molecule has 5 rings (SSSR count). The largest absolute Gasteiger partial charge is 0.497 e. The summed E-state index contributed by atoms with van der Waals surface area (Å²) in [6.07, 6.45) is 5.86. The van der Waals surface area contributed by atoms with Crippen LogP contribution in [0.1, 0.15) is 41.9 Å². The van der Waals surface area contributed by atoms with Crippen molar-refractivity contribution in [3.8, 4) is 16.9 Å². The molecule has 35 heavy (non-hydrogen) atoms. The van der Waals surface area contributed by atoms with Gasteiger partial charge in [0.1, 0.15) is 29.4 Å². The molecule has 0 unspecified atom stereocenters. The highest BCUT2D eigenvalue weighted by Crippen LogP contribution is 2.51. The third-order valence-electron chi connectivity index (χ3n) is 7.62. The zero-order chi connectivity index (χ0) is 27.2. The molecule has 7 nitrogen and oxygen atoms in total. The standard InChI is InChI=1S/C27H30FN5O2/c1-4-21(34)33-13-11-27(12-14-33)10-9-19(20(28)15-27)24-22(17-5-7-18(35-3)8-6-17)23-25(29)30-16-31-26(23)32(24)2/h4-8,16H,1,9-15H2,2-3H3,(H2,29,30,31)/i3D3. The average molecular weight is 479 g/mol. The van der Waals surface area contributed by atoms with Crippen molar-refractivity contribution in [3.05, 3.63) is 54.8 Å². The molecule has 2 aromatic heterocycles. The van der Waals surface area contributed by atoms with Crippen LogP contribution in [-0.2, 0) is 11.8 Å². The number of nitrogens with zero attached hydrogens (tertiary/aromatic N) is 4. The van der Waals surface area contributed by atoms with Gasteiger partial charge in [-0.25, -0.2) is 14.4 Å². The molecule has 3 heterocycles. The first-order valence-electron chi connectivity index (χ1n) is 13.2. The number of aromatic nitrogens is 3. The Morgan fingerprint density at radius 1 is 1.26 bits per heavy atom. The highest BCUT2D eigenvalue weighted by molar-refractivity contribution is 6.06. The number of benzene rings is 1. The number of carbonyl (C=O) groups excluding carboxylic acids is 1. The van der Waals surface area contributed by atoms with Crippen molar-refractivity contribution in [1.29, 1.82) is 0 Å². The Labute approximate surface area is 208 Å². The minimum Gasteiger partial charge on any atom is -0.497 e. The van der Waals surface area contributed by atoms with Crippen molar-refractivity contribution in [3.63, 3.8) is 0 Å². The van der Waals surface area contributed by atoms with Gasteiger partial charge in [-0.3, -0.25) is 4.79 Å². The van der Waals surface area contributed by atoms with Crippen molar-refractivity contribution in [2.45, 2.75) is 32.1 Å². The number of piperidine rings is 1. The zero-order valence-corrected chi connectivity index (χ0v) is 19.7. The van der Waals surface area contributed by atoms with Gasteiger partial charge in [0.2, 0.25) is 5.91 Å². The molecule has 0 radical (unpaired) electrons. The van der Waals surface area contributed by atoms with Gasteiger partial charge in [-0.2, -0.15) is 0 Å². The number of likely N-dealkylation sites (tertiary alicyclic amines) is 1. The minimum atomic E-state index is -2.56. The Balaban J connectivity index is 1.55. The van der Waals surface area contributed by atoms with Gasteiger partial charge >= 0.3 is 0 Å². The van der Waals surface area contributed by atoms with E-state index in [1.165, 1.54) is 12.4 Å². The van der Waals surface area contributed by atoms with E-state index in [1.54, 1.807) is 29.2 Å². The van der Waals surface area contributed by atoms with Gasteiger partial charge in [0.05, 0.1) is 22.2 Å². The van der Waals surface area contributed by atoms with Crippen LogP contribution < -0.4 is 10.5 Å². The average Bonchev–Trinajstić information content (AvgIpc) is 3.17. The third kappa shape index (κ3) is 3.87. The van der Waals surface area contributed by atoms with Crippen molar-refractivity contribution >= 4 is 28.3 Å². The number of allylic oxidation sites excluding steroid dienone is 2. The lowest BCUT2D eigenvalue weighted by Crippen LogP contribution is -2.43. The molecule has 1 aliphatic heterocycles. The summed E-state index contributed by atoms with van der Waals surface area (Å²) in [5.41, 5.74) is 9.43. The number of aryl methyl sites for hydroxylation is 1. The third-order valence-corrected chi connectivity index (χ3v) is 7.62. The first-order valence-corrected chi connectivity index (χ1v) is 11.7. The Kier molecular flexibility index (Phi) is 4.95. The normalized spacial score (nSPS) is 19.4. The monoisotopic (exact) mass is 478 g/mol. The van der Waals surface area contributed by atoms with Gasteiger partial charge in [-0.15, -0.1) is 0 Å². The molecule has 0 bridgehead atoms. The first-order chi connectivity index (χ1) is 18.0. The summed E-state index contributed by atoms with van der Waals surface area (Å²) in [5, 5.41) is 0.617. The number of ether oxygens (including phenoxy) is 1. The molecule has 2 N–H and O–H groups in total. The second-order valence-electron chi connectivity index (χ2n) is 9.46. The number of nitrogens with two attached hydrogens (primary N) is 1. The molecule has 1 saturated heterocycles. The molecule has 0 saturated carbocycles. The van der Waals surface area contributed by atoms with Crippen molar-refractivity contribution in [2.24, 2.45) is 12.5 Å². The molecule has 2 aliphatic rings. The molecule has 1 amide bonds. The van der Waals surface area contributed by atoms with E-state index in [2.05, 4.69) is 16.5 Å². The smallest absolute Gasteiger partial charge is 0.245 e. The number of rotatable bonds is 4. The number of hydrogen-bond acceptors (Lipinski definition) is 5. The Bertz CT molecular complexity index is 1440. The molecule has 1 aromatic carbocycles. The quantitative estimate of drug-likeness (QED) is 0.540. The topological polar surface area (TPSA) is 86.3 Å². The fraction of sp³-hybridized carbons (Fsp3) is 0.370. The van der Waals surface area contributed by atoms with Crippen molar-refractivity contribution in [1.82, 2.24) is 19.4 Å². The van der Waals surface area contributed by atoms with Crippen LogP contribution in [0.5, 0.6) is 5.75 Å². The number of anilines is 1. The second kappa shape index (κ2) is 8.83. The molecular weight excluding hydrogens is 445 g/mol. The predicted molar refractivity (Wildman–Crippen MR) is 135 cm³/mol. The molecule has 1 aliphatic carbocycles. The summed E-state index contributed by atoms with van der Waals surface area (Å²) in [6, 6.07) is 6.62. The Hall–Kier alpha value is -3.68. The minimum absolute atomic E-state index is 0.0820. The Morgan fingerprint density at radius 3 is 2.66 bits per heavy atom. The van der Waals surface area contributed by atoms with E-state index in [1.807, 2.05) is 11.6 Å². The van der Waals surface area contributed by atoms with E-state index in [-0.39, 0.29) is 28.7 Å². The number of nitrogen functional groups attached to an aromatic ring is 1. The first kappa shape index (κ1) is 19.6. The van der Waals surface area contributed by atoms with Crippen LogP contribution in [-0.4, -0.2) is 45.5 Å². The van der Waals surface area contributed by atoms with E-state index in [0.29, 0.717) is 53.8 Å². The van der Waals surface area contributed by atoms with E-state index in [0.717, 1.165) is 24.8 Å².